The summed E-state index contributed by atoms with van der Waals surface area (Å²) < 4.78 is 1.57. The molecule has 5 nitrogen and oxygen atoms in total. The van der Waals surface area contributed by atoms with Gasteiger partial charge in [0.25, 0.3) is 0 Å². The molecular weight excluding hydrogens is 210 g/mol. The lowest BCUT2D eigenvalue weighted by molar-refractivity contribution is -0.512. The largest absolute Gasteiger partial charge is 0.478 e. The molecule has 0 bridgehead atoms. The van der Waals surface area contributed by atoms with Crippen LogP contribution in [-0.2, 0) is 0 Å². The van der Waals surface area contributed by atoms with Gasteiger partial charge in [0.05, 0.1) is 5.56 Å². The summed E-state index contributed by atoms with van der Waals surface area (Å²) in [4.78, 5) is 21.8. The summed E-state index contributed by atoms with van der Waals surface area (Å²) in [5, 5.41) is 17.8. The number of hydrogen-bond acceptors (Lipinski definition) is 2. The Morgan fingerprint density at radius 1 is 1.06 bits per heavy atom. The van der Waals surface area contributed by atoms with Gasteiger partial charge in [-0.25, -0.2) is 9.59 Å². The Labute approximate surface area is 90.2 Å². The zero-order valence-electron chi connectivity index (χ0n) is 8.12. The molecule has 0 saturated heterocycles. The number of pyridine rings is 2. The highest BCUT2D eigenvalue weighted by Crippen LogP contribution is 2.09. The van der Waals surface area contributed by atoms with E-state index in [9.17, 15) is 9.59 Å². The third-order valence-corrected chi connectivity index (χ3v) is 2.23. The van der Waals surface area contributed by atoms with Gasteiger partial charge in [-0.3, -0.25) is 0 Å². The van der Waals surface area contributed by atoms with E-state index in [1.807, 2.05) is 0 Å². The topological polar surface area (TPSA) is 78.7 Å². The number of carbonyl (C=O) groups is 2. The van der Waals surface area contributed by atoms with E-state index in [-0.39, 0.29) is 11.1 Å². The molecular formula is C11H8NO4+. The van der Waals surface area contributed by atoms with Crippen LogP contribution >= 0.6 is 0 Å². The van der Waals surface area contributed by atoms with Crippen LogP contribution in [-0.4, -0.2) is 22.2 Å². The van der Waals surface area contributed by atoms with Crippen molar-refractivity contribution >= 4 is 17.5 Å². The van der Waals surface area contributed by atoms with Gasteiger partial charge in [-0.1, -0.05) is 0 Å². The molecule has 2 heterocycles. The highest BCUT2D eigenvalue weighted by molar-refractivity contribution is 6.01. The zero-order valence-corrected chi connectivity index (χ0v) is 8.12. The Morgan fingerprint density at radius 2 is 1.75 bits per heavy atom. The first-order valence-electron chi connectivity index (χ1n) is 4.50. The van der Waals surface area contributed by atoms with Crippen molar-refractivity contribution in [3.05, 3.63) is 47.8 Å². The van der Waals surface area contributed by atoms with Crippen LogP contribution < -0.4 is 4.40 Å². The molecule has 0 fully saturated rings. The Balaban J connectivity index is 2.81. The number of nitrogens with zero attached hydrogens (tertiary/aromatic N) is 1. The van der Waals surface area contributed by atoms with Gasteiger partial charge in [0, 0.05) is 18.2 Å². The predicted octanol–water partition coefficient (Wildman–Crippen LogP) is 0.822. The van der Waals surface area contributed by atoms with Gasteiger partial charge >= 0.3 is 11.9 Å². The SMILES string of the molecule is O=C(O)c1cc2cccc[n+]2cc1C(=O)O. The van der Waals surface area contributed by atoms with Gasteiger partial charge in [0.2, 0.25) is 5.52 Å². The molecule has 2 N–H and O–H groups in total. The van der Waals surface area contributed by atoms with Crippen LogP contribution in [0.1, 0.15) is 20.7 Å². The molecule has 0 aliphatic heterocycles. The Hall–Kier alpha value is -2.43. The molecule has 16 heavy (non-hydrogen) atoms. The lowest BCUT2D eigenvalue weighted by Crippen LogP contribution is -2.24. The van der Waals surface area contributed by atoms with E-state index in [0.717, 1.165) is 0 Å². The third kappa shape index (κ3) is 1.58. The van der Waals surface area contributed by atoms with E-state index in [4.69, 9.17) is 10.2 Å². The van der Waals surface area contributed by atoms with Crippen molar-refractivity contribution < 1.29 is 24.2 Å². The average Bonchev–Trinajstić information content (AvgIpc) is 2.27. The van der Waals surface area contributed by atoms with Crippen molar-refractivity contribution in [1.82, 2.24) is 0 Å². The first kappa shape index (κ1) is 10.1. The van der Waals surface area contributed by atoms with Gasteiger partial charge in [0.15, 0.2) is 12.4 Å². The fraction of sp³-hybridized carbons (Fsp3) is 0. The van der Waals surface area contributed by atoms with Crippen molar-refractivity contribution in [2.24, 2.45) is 0 Å². The van der Waals surface area contributed by atoms with Crippen LogP contribution in [0.3, 0.4) is 0 Å². The zero-order chi connectivity index (χ0) is 11.7. The standard InChI is InChI=1S/C11H7NO4/c13-10(14)8-5-7-3-1-2-4-12(7)6-9(8)11(15)16/h1-6H,(H-,13,14,15,16)/p+1. The lowest BCUT2D eigenvalue weighted by Gasteiger charge is -1.99. The van der Waals surface area contributed by atoms with Crippen molar-refractivity contribution in [3.63, 3.8) is 0 Å². The third-order valence-electron chi connectivity index (χ3n) is 2.23. The van der Waals surface area contributed by atoms with Gasteiger partial charge in [-0.15, -0.1) is 0 Å². The molecule has 2 aromatic rings. The molecule has 0 amide bonds. The van der Waals surface area contributed by atoms with Crippen molar-refractivity contribution in [2.45, 2.75) is 0 Å². The van der Waals surface area contributed by atoms with Crippen molar-refractivity contribution in [2.75, 3.05) is 0 Å². The minimum Gasteiger partial charge on any atom is -0.478 e. The van der Waals surface area contributed by atoms with E-state index in [1.165, 1.54) is 12.3 Å². The molecule has 0 aromatic carbocycles. The monoisotopic (exact) mass is 218 g/mol. The maximum Gasteiger partial charge on any atom is 0.342 e. The fourth-order valence-corrected chi connectivity index (χ4v) is 1.49. The normalized spacial score (nSPS) is 10.2. The molecule has 0 aliphatic carbocycles. The molecule has 80 valence electrons. The van der Waals surface area contributed by atoms with Gasteiger partial charge in [-0.05, 0) is 6.07 Å². The van der Waals surface area contributed by atoms with E-state index in [2.05, 4.69) is 0 Å². The summed E-state index contributed by atoms with van der Waals surface area (Å²) in [6.07, 6.45) is 2.95. The summed E-state index contributed by atoms with van der Waals surface area (Å²) in [6.45, 7) is 0. The average molecular weight is 218 g/mol. The van der Waals surface area contributed by atoms with E-state index >= 15 is 0 Å². The first-order valence-corrected chi connectivity index (χ1v) is 4.50. The van der Waals surface area contributed by atoms with Crippen LogP contribution in [0.25, 0.3) is 5.52 Å². The minimum atomic E-state index is -1.25. The van der Waals surface area contributed by atoms with Crippen molar-refractivity contribution in [1.29, 1.82) is 0 Å². The second-order valence-electron chi connectivity index (χ2n) is 3.24. The van der Waals surface area contributed by atoms with E-state index < -0.39 is 11.9 Å². The predicted molar refractivity (Wildman–Crippen MR) is 53.5 cm³/mol. The maximum absolute atomic E-state index is 10.9. The minimum absolute atomic E-state index is 0.210. The number of fused-ring (bicyclic) bond motifs is 1. The van der Waals surface area contributed by atoms with Crippen molar-refractivity contribution in [3.8, 4) is 0 Å². The van der Waals surface area contributed by atoms with Crippen LogP contribution in [0.2, 0.25) is 0 Å². The highest BCUT2D eigenvalue weighted by Gasteiger charge is 2.21. The van der Waals surface area contributed by atoms with E-state index in [1.54, 1.807) is 28.8 Å². The molecule has 0 unspecified atom stereocenters. The number of aromatic nitrogens is 1. The molecule has 5 heteroatoms. The molecule has 0 saturated carbocycles. The number of hydrogen-bond donors (Lipinski definition) is 2. The summed E-state index contributed by atoms with van der Waals surface area (Å²) >= 11 is 0. The maximum atomic E-state index is 10.9. The Bertz CT molecular complexity index is 539. The summed E-state index contributed by atoms with van der Waals surface area (Å²) in [7, 11) is 0. The molecule has 0 aliphatic rings. The summed E-state index contributed by atoms with van der Waals surface area (Å²) in [5.41, 5.74) is 0.194. The quantitative estimate of drug-likeness (QED) is 0.731. The van der Waals surface area contributed by atoms with E-state index in [0.29, 0.717) is 5.52 Å². The van der Waals surface area contributed by atoms with Gasteiger partial charge < -0.3 is 10.2 Å². The van der Waals surface area contributed by atoms with Gasteiger partial charge in [-0.2, -0.15) is 4.40 Å². The van der Waals surface area contributed by atoms with Crippen LogP contribution in [0.4, 0.5) is 0 Å². The molecule has 0 spiro atoms. The van der Waals surface area contributed by atoms with Crippen LogP contribution in [0.15, 0.2) is 36.7 Å². The molecule has 2 rings (SSSR count). The van der Waals surface area contributed by atoms with Gasteiger partial charge in [0.1, 0.15) is 5.56 Å². The molecule has 0 atom stereocenters. The number of carboxylic acids is 2. The summed E-state index contributed by atoms with van der Waals surface area (Å²) in [6, 6.07) is 6.53. The number of aromatic carboxylic acids is 2. The Morgan fingerprint density at radius 3 is 2.38 bits per heavy atom. The summed E-state index contributed by atoms with van der Waals surface area (Å²) in [5.74, 6) is -2.50. The second kappa shape index (κ2) is 3.62. The number of rotatable bonds is 2. The highest BCUT2D eigenvalue weighted by atomic mass is 16.4. The molecule has 0 radical (unpaired) electrons. The van der Waals surface area contributed by atoms with Crippen LogP contribution in [0.5, 0.6) is 0 Å². The second-order valence-corrected chi connectivity index (χ2v) is 3.24. The Kier molecular flexibility index (Phi) is 2.28. The lowest BCUT2D eigenvalue weighted by atomic mass is 10.1. The first-order chi connectivity index (χ1) is 7.59. The fourth-order valence-electron chi connectivity index (χ4n) is 1.49. The number of carboxylic acid groups (broad SMARTS) is 2. The van der Waals surface area contributed by atoms with Crippen LogP contribution in [0, 0.1) is 0 Å². The smallest absolute Gasteiger partial charge is 0.342 e. The molecule has 2 aromatic heterocycles.